The van der Waals surface area contributed by atoms with Gasteiger partial charge in [0.1, 0.15) is 0 Å². The van der Waals surface area contributed by atoms with E-state index in [-0.39, 0.29) is 0 Å². The number of rotatable bonds is 4. The molecule has 0 amide bonds. The van der Waals surface area contributed by atoms with Crippen LogP contribution in [0.2, 0.25) is 0 Å². The van der Waals surface area contributed by atoms with Gasteiger partial charge in [0.15, 0.2) is 0 Å². The van der Waals surface area contributed by atoms with Crippen molar-refractivity contribution in [2.24, 2.45) is 0 Å². The van der Waals surface area contributed by atoms with Gasteiger partial charge in [0.2, 0.25) is 0 Å². The summed E-state index contributed by atoms with van der Waals surface area (Å²) in [5.41, 5.74) is 2.91. The second-order valence-corrected chi connectivity index (χ2v) is 5.32. The van der Waals surface area contributed by atoms with Crippen molar-refractivity contribution < 1.29 is 9.90 Å². The highest BCUT2D eigenvalue weighted by Gasteiger charge is 2.52. The Morgan fingerprint density at radius 1 is 1.41 bits per heavy atom. The average molecular weight is 232 g/mol. The third-order valence-electron chi connectivity index (χ3n) is 3.82. The second-order valence-electron chi connectivity index (χ2n) is 5.32. The van der Waals surface area contributed by atoms with E-state index >= 15 is 0 Å². The van der Waals surface area contributed by atoms with Gasteiger partial charge >= 0.3 is 5.97 Å². The summed E-state index contributed by atoms with van der Waals surface area (Å²) in [4.78, 5) is 11.5. The molecule has 1 saturated carbocycles. The molecule has 0 unspecified atom stereocenters. The topological polar surface area (TPSA) is 37.3 Å². The maximum Gasteiger partial charge on any atom is 0.314 e. The Morgan fingerprint density at radius 3 is 2.47 bits per heavy atom. The van der Waals surface area contributed by atoms with Gasteiger partial charge in [-0.05, 0) is 41.9 Å². The van der Waals surface area contributed by atoms with Gasteiger partial charge in [-0.25, -0.2) is 0 Å². The monoisotopic (exact) mass is 232 g/mol. The Bertz CT molecular complexity index is 442. The van der Waals surface area contributed by atoms with E-state index in [0.717, 1.165) is 24.8 Å². The second kappa shape index (κ2) is 4.17. The van der Waals surface area contributed by atoms with Gasteiger partial charge < -0.3 is 5.11 Å². The molecule has 1 aliphatic carbocycles. The van der Waals surface area contributed by atoms with Gasteiger partial charge in [0.05, 0.1) is 5.41 Å². The minimum absolute atomic E-state index is 0.382. The Balaban J connectivity index is 2.53. The van der Waals surface area contributed by atoms with E-state index in [0.29, 0.717) is 5.92 Å². The van der Waals surface area contributed by atoms with Crippen LogP contribution in [0.5, 0.6) is 0 Å². The Labute approximate surface area is 103 Å². The van der Waals surface area contributed by atoms with Crippen LogP contribution in [0.4, 0.5) is 0 Å². The van der Waals surface area contributed by atoms with Gasteiger partial charge in [-0.2, -0.15) is 0 Å². The summed E-state index contributed by atoms with van der Waals surface area (Å²) in [5.74, 6) is -0.277. The molecule has 0 radical (unpaired) electrons. The molecule has 2 heteroatoms. The lowest BCUT2D eigenvalue weighted by Gasteiger charge is -2.19. The minimum atomic E-state index is -0.660. The van der Waals surface area contributed by atoms with Gasteiger partial charge in [0, 0.05) is 0 Å². The third-order valence-corrected chi connectivity index (χ3v) is 3.82. The first-order valence-electron chi connectivity index (χ1n) is 6.38. The normalized spacial score (nSPS) is 17.2. The molecule has 0 aliphatic heterocycles. The predicted octanol–water partition coefficient (Wildman–Crippen LogP) is 3.49. The lowest BCUT2D eigenvalue weighted by molar-refractivity contribution is -0.140. The summed E-state index contributed by atoms with van der Waals surface area (Å²) >= 11 is 0. The average Bonchev–Trinajstić information content (AvgIpc) is 3.09. The quantitative estimate of drug-likeness (QED) is 0.862. The zero-order valence-electron chi connectivity index (χ0n) is 10.8. The highest BCUT2D eigenvalue weighted by atomic mass is 16.4. The molecule has 1 N–H and O–H groups in total. The van der Waals surface area contributed by atoms with Crippen LogP contribution in [0.3, 0.4) is 0 Å². The summed E-state index contributed by atoms with van der Waals surface area (Å²) in [7, 11) is 0. The molecule has 0 aromatic heterocycles. The van der Waals surface area contributed by atoms with Crippen LogP contribution < -0.4 is 0 Å². The Hall–Kier alpha value is -1.31. The van der Waals surface area contributed by atoms with Crippen LogP contribution in [-0.4, -0.2) is 11.1 Å². The fraction of sp³-hybridized carbons (Fsp3) is 0.533. The lowest BCUT2D eigenvalue weighted by atomic mass is 9.85. The van der Waals surface area contributed by atoms with E-state index in [4.69, 9.17) is 0 Å². The Kier molecular flexibility index (Phi) is 2.98. The van der Waals surface area contributed by atoms with Crippen molar-refractivity contribution in [2.45, 2.75) is 51.4 Å². The molecule has 0 heterocycles. The number of hydrogen-bond acceptors (Lipinski definition) is 1. The van der Waals surface area contributed by atoms with Crippen molar-refractivity contribution in [1.29, 1.82) is 0 Å². The Morgan fingerprint density at radius 2 is 2.06 bits per heavy atom. The summed E-state index contributed by atoms with van der Waals surface area (Å²) in [5, 5.41) is 9.43. The van der Waals surface area contributed by atoms with Gasteiger partial charge in [-0.1, -0.05) is 39.0 Å². The van der Waals surface area contributed by atoms with E-state index in [2.05, 4.69) is 39.0 Å². The van der Waals surface area contributed by atoms with Gasteiger partial charge in [-0.15, -0.1) is 0 Å². The standard InChI is InChI=1S/C15H20O2/c1-4-11-5-6-12(10(2)3)13(9-11)15(7-8-15)14(16)17/h5-6,9-10H,4,7-8H2,1-3H3,(H,16,17). The number of aliphatic carboxylic acids is 1. The van der Waals surface area contributed by atoms with E-state index in [1.165, 1.54) is 11.1 Å². The molecule has 1 fully saturated rings. The van der Waals surface area contributed by atoms with Crippen molar-refractivity contribution in [2.75, 3.05) is 0 Å². The maximum absolute atomic E-state index is 11.5. The van der Waals surface area contributed by atoms with Crippen molar-refractivity contribution in [3.05, 3.63) is 34.9 Å². The first kappa shape index (κ1) is 12.2. The number of aryl methyl sites for hydroxylation is 1. The van der Waals surface area contributed by atoms with Crippen LogP contribution in [0, 0.1) is 0 Å². The third kappa shape index (κ3) is 1.97. The lowest BCUT2D eigenvalue weighted by Crippen LogP contribution is -2.22. The summed E-state index contributed by atoms with van der Waals surface area (Å²) in [6, 6.07) is 6.34. The van der Waals surface area contributed by atoms with Gasteiger partial charge in [-0.3, -0.25) is 4.79 Å². The number of carboxylic acids is 1. The number of carboxylic acid groups (broad SMARTS) is 1. The molecule has 0 atom stereocenters. The molecular formula is C15H20O2. The number of hydrogen-bond donors (Lipinski definition) is 1. The van der Waals surface area contributed by atoms with E-state index in [1.54, 1.807) is 0 Å². The molecule has 0 bridgehead atoms. The maximum atomic E-state index is 11.5. The zero-order chi connectivity index (χ0) is 12.6. The van der Waals surface area contributed by atoms with E-state index in [9.17, 15) is 9.90 Å². The predicted molar refractivity (Wildman–Crippen MR) is 68.5 cm³/mol. The first-order valence-corrected chi connectivity index (χ1v) is 6.38. The van der Waals surface area contributed by atoms with Crippen molar-refractivity contribution >= 4 is 5.97 Å². The van der Waals surface area contributed by atoms with Crippen LogP contribution in [0.1, 0.15) is 56.2 Å². The van der Waals surface area contributed by atoms with Crippen LogP contribution in [-0.2, 0) is 16.6 Å². The van der Waals surface area contributed by atoms with Crippen molar-refractivity contribution in [1.82, 2.24) is 0 Å². The van der Waals surface area contributed by atoms with Gasteiger partial charge in [0.25, 0.3) is 0 Å². The molecule has 92 valence electrons. The van der Waals surface area contributed by atoms with E-state index in [1.807, 2.05) is 0 Å². The van der Waals surface area contributed by atoms with Crippen molar-refractivity contribution in [3.63, 3.8) is 0 Å². The molecule has 0 spiro atoms. The number of carbonyl (C=O) groups is 1. The highest BCUT2D eigenvalue weighted by molar-refractivity contribution is 5.85. The molecule has 2 rings (SSSR count). The largest absolute Gasteiger partial charge is 0.481 e. The number of benzene rings is 1. The molecule has 17 heavy (non-hydrogen) atoms. The SMILES string of the molecule is CCc1ccc(C(C)C)c(C2(C(=O)O)CC2)c1. The molecule has 1 aliphatic rings. The van der Waals surface area contributed by atoms with Crippen molar-refractivity contribution in [3.8, 4) is 0 Å². The van der Waals surface area contributed by atoms with Crippen LogP contribution in [0.25, 0.3) is 0 Å². The van der Waals surface area contributed by atoms with Crippen LogP contribution in [0.15, 0.2) is 18.2 Å². The molecular weight excluding hydrogens is 212 g/mol. The molecule has 1 aromatic carbocycles. The zero-order valence-corrected chi connectivity index (χ0v) is 10.8. The summed E-state index contributed by atoms with van der Waals surface area (Å²) in [6.45, 7) is 6.36. The molecule has 0 saturated heterocycles. The molecule has 1 aromatic rings. The fourth-order valence-electron chi connectivity index (χ4n) is 2.46. The smallest absolute Gasteiger partial charge is 0.314 e. The minimum Gasteiger partial charge on any atom is -0.481 e. The first-order chi connectivity index (χ1) is 8.01. The highest BCUT2D eigenvalue weighted by Crippen LogP contribution is 2.50. The fourth-order valence-corrected chi connectivity index (χ4v) is 2.46. The van der Waals surface area contributed by atoms with E-state index < -0.39 is 11.4 Å². The summed E-state index contributed by atoms with van der Waals surface area (Å²) < 4.78 is 0. The van der Waals surface area contributed by atoms with Crippen LogP contribution >= 0.6 is 0 Å². The molecule has 2 nitrogen and oxygen atoms in total. The summed E-state index contributed by atoms with van der Waals surface area (Å²) in [6.07, 6.45) is 2.53.